The van der Waals surface area contributed by atoms with Gasteiger partial charge in [-0.05, 0) is 5.92 Å². The Hall–Kier alpha value is -0.470. The number of halogens is 2. The van der Waals surface area contributed by atoms with Gasteiger partial charge in [0, 0.05) is 12.3 Å². The molecule has 0 rings (SSSR count). The molecule has 0 N–H and O–H groups in total. The van der Waals surface area contributed by atoms with Crippen LogP contribution in [0.4, 0.5) is 8.78 Å². The molecular formula is C7H12F2O. The molecule has 1 nitrogen and oxygen atoms in total. The molecule has 0 spiro atoms. The predicted molar refractivity (Wildman–Crippen MR) is 35.0 cm³/mol. The van der Waals surface area contributed by atoms with Gasteiger partial charge in [-0.15, -0.1) is 0 Å². The average Bonchev–Trinajstić information content (AvgIpc) is 1.81. The van der Waals surface area contributed by atoms with Gasteiger partial charge in [-0.1, -0.05) is 13.8 Å². The van der Waals surface area contributed by atoms with Crippen LogP contribution in [0.15, 0.2) is 0 Å². The molecule has 0 aromatic heterocycles. The Morgan fingerprint density at radius 2 is 1.90 bits per heavy atom. The number of hydrogen-bond donors (Lipinski definition) is 0. The minimum Gasteiger partial charge on any atom is -0.303 e. The smallest absolute Gasteiger partial charge is 0.239 e. The normalized spacial score (nSPS) is 14.2. The van der Waals surface area contributed by atoms with Gasteiger partial charge in [0.2, 0.25) is 6.43 Å². The molecule has 0 aromatic carbocycles. The molecule has 0 radical (unpaired) electrons. The third kappa shape index (κ3) is 3.54. The molecule has 0 heterocycles. The monoisotopic (exact) mass is 150 g/mol. The van der Waals surface area contributed by atoms with Crippen LogP contribution in [0, 0.1) is 11.8 Å². The summed E-state index contributed by atoms with van der Waals surface area (Å²) in [5.74, 6) is -0.466. The number of aldehydes is 1. The van der Waals surface area contributed by atoms with Crippen molar-refractivity contribution in [1.82, 2.24) is 0 Å². The zero-order chi connectivity index (χ0) is 8.15. The molecule has 0 saturated heterocycles. The summed E-state index contributed by atoms with van der Waals surface area (Å²) in [5, 5.41) is 0. The van der Waals surface area contributed by atoms with E-state index in [0.717, 1.165) is 0 Å². The Bertz CT molecular complexity index is 102. The van der Waals surface area contributed by atoms with Crippen molar-refractivity contribution in [2.24, 2.45) is 11.8 Å². The lowest BCUT2D eigenvalue weighted by molar-refractivity contribution is -0.113. The lowest BCUT2D eigenvalue weighted by atomic mass is 9.94. The van der Waals surface area contributed by atoms with Gasteiger partial charge in [-0.3, -0.25) is 0 Å². The molecule has 1 atom stereocenters. The summed E-state index contributed by atoms with van der Waals surface area (Å²) in [6.07, 6.45) is -2.06. The van der Waals surface area contributed by atoms with Crippen LogP contribution < -0.4 is 0 Å². The number of carbonyl (C=O) groups excluding carboxylic acids is 1. The predicted octanol–water partition coefficient (Wildman–Crippen LogP) is 2.11. The first kappa shape index (κ1) is 9.53. The van der Waals surface area contributed by atoms with E-state index in [9.17, 15) is 13.6 Å². The lowest BCUT2D eigenvalue weighted by Crippen LogP contribution is -2.13. The van der Waals surface area contributed by atoms with Crippen molar-refractivity contribution in [3.05, 3.63) is 0 Å². The van der Waals surface area contributed by atoms with Gasteiger partial charge in [-0.25, -0.2) is 8.78 Å². The maximum absolute atomic E-state index is 11.7. The van der Waals surface area contributed by atoms with Gasteiger partial charge in [0.25, 0.3) is 0 Å². The van der Waals surface area contributed by atoms with Crippen LogP contribution in [-0.4, -0.2) is 12.7 Å². The van der Waals surface area contributed by atoms with Crippen LogP contribution in [0.5, 0.6) is 0 Å². The van der Waals surface area contributed by atoms with E-state index in [0.29, 0.717) is 6.29 Å². The molecule has 0 amide bonds. The van der Waals surface area contributed by atoms with Crippen LogP contribution in [0.2, 0.25) is 0 Å². The summed E-state index contributed by atoms with van der Waals surface area (Å²) in [4.78, 5) is 10.1. The van der Waals surface area contributed by atoms with Crippen molar-refractivity contribution in [2.45, 2.75) is 26.7 Å². The second-order valence-corrected chi connectivity index (χ2v) is 2.67. The van der Waals surface area contributed by atoms with Crippen LogP contribution in [0.1, 0.15) is 20.3 Å². The number of rotatable bonds is 4. The van der Waals surface area contributed by atoms with Crippen LogP contribution in [0.3, 0.4) is 0 Å². The second-order valence-electron chi connectivity index (χ2n) is 2.67. The number of alkyl halides is 2. The van der Waals surface area contributed by atoms with E-state index in [1.54, 1.807) is 13.8 Å². The fraction of sp³-hybridized carbons (Fsp3) is 0.857. The van der Waals surface area contributed by atoms with Gasteiger partial charge in [0.1, 0.15) is 6.29 Å². The lowest BCUT2D eigenvalue weighted by Gasteiger charge is -2.12. The van der Waals surface area contributed by atoms with Gasteiger partial charge in [-0.2, -0.15) is 0 Å². The highest BCUT2D eigenvalue weighted by atomic mass is 19.3. The molecule has 0 saturated carbocycles. The molecule has 3 heteroatoms. The first-order chi connectivity index (χ1) is 4.57. The molecule has 0 aromatic rings. The molecule has 0 aliphatic rings. The highest BCUT2D eigenvalue weighted by molar-refractivity contribution is 5.53. The highest BCUT2D eigenvalue weighted by Crippen LogP contribution is 2.16. The largest absolute Gasteiger partial charge is 0.303 e. The summed E-state index contributed by atoms with van der Waals surface area (Å²) in [7, 11) is 0. The van der Waals surface area contributed by atoms with Gasteiger partial charge < -0.3 is 4.79 Å². The van der Waals surface area contributed by atoms with Crippen molar-refractivity contribution in [3.63, 3.8) is 0 Å². The van der Waals surface area contributed by atoms with Crippen molar-refractivity contribution >= 4 is 6.29 Å². The van der Waals surface area contributed by atoms with Crippen molar-refractivity contribution in [1.29, 1.82) is 0 Å². The molecule has 0 aliphatic heterocycles. The molecule has 60 valence electrons. The van der Waals surface area contributed by atoms with Gasteiger partial charge >= 0.3 is 0 Å². The van der Waals surface area contributed by atoms with Crippen molar-refractivity contribution < 1.29 is 13.6 Å². The molecule has 1 unspecified atom stereocenters. The van der Waals surface area contributed by atoms with E-state index >= 15 is 0 Å². The Morgan fingerprint density at radius 3 is 2.00 bits per heavy atom. The fourth-order valence-corrected chi connectivity index (χ4v) is 0.691. The minimum atomic E-state index is -2.36. The maximum atomic E-state index is 11.7. The quantitative estimate of drug-likeness (QED) is 0.561. The zero-order valence-corrected chi connectivity index (χ0v) is 6.18. The first-order valence-electron chi connectivity index (χ1n) is 3.31. The third-order valence-corrected chi connectivity index (χ3v) is 1.48. The van der Waals surface area contributed by atoms with E-state index in [4.69, 9.17) is 0 Å². The Morgan fingerprint density at radius 1 is 1.40 bits per heavy atom. The zero-order valence-electron chi connectivity index (χ0n) is 6.18. The van der Waals surface area contributed by atoms with E-state index in [1.807, 2.05) is 0 Å². The van der Waals surface area contributed by atoms with Gasteiger partial charge in [0.15, 0.2) is 0 Å². The summed E-state index contributed by atoms with van der Waals surface area (Å²) in [6.45, 7) is 3.53. The Labute approximate surface area is 59.4 Å². The molecule has 0 fully saturated rings. The molecule has 10 heavy (non-hydrogen) atoms. The average molecular weight is 150 g/mol. The Balaban J connectivity index is 3.71. The number of hydrogen-bond acceptors (Lipinski definition) is 1. The van der Waals surface area contributed by atoms with Gasteiger partial charge in [0.05, 0.1) is 0 Å². The van der Waals surface area contributed by atoms with E-state index in [-0.39, 0.29) is 12.3 Å². The van der Waals surface area contributed by atoms with Crippen LogP contribution >= 0.6 is 0 Å². The topological polar surface area (TPSA) is 17.1 Å². The van der Waals surface area contributed by atoms with E-state index in [1.165, 1.54) is 0 Å². The summed E-state index contributed by atoms with van der Waals surface area (Å²) in [6, 6.07) is 0. The Kier molecular flexibility index (Phi) is 4.16. The molecule has 0 bridgehead atoms. The maximum Gasteiger partial charge on any atom is 0.239 e. The fourth-order valence-electron chi connectivity index (χ4n) is 0.691. The standard InChI is InChI=1S/C7H12F2O/c1-5(2)6(4-10)3-7(8)9/h4-7H,3H2,1-2H3. The SMILES string of the molecule is CC(C)C(C=O)CC(F)F. The number of carbonyl (C=O) groups is 1. The molecule has 0 aliphatic carbocycles. The summed E-state index contributed by atoms with van der Waals surface area (Å²) < 4.78 is 23.3. The summed E-state index contributed by atoms with van der Waals surface area (Å²) in [5.41, 5.74) is 0. The first-order valence-corrected chi connectivity index (χ1v) is 3.31. The van der Waals surface area contributed by atoms with Crippen molar-refractivity contribution in [2.75, 3.05) is 0 Å². The molecular weight excluding hydrogens is 138 g/mol. The minimum absolute atomic E-state index is 0.0199. The van der Waals surface area contributed by atoms with Crippen LogP contribution in [0.25, 0.3) is 0 Å². The van der Waals surface area contributed by atoms with E-state index in [2.05, 4.69) is 0 Å². The van der Waals surface area contributed by atoms with E-state index < -0.39 is 12.3 Å². The highest BCUT2D eigenvalue weighted by Gasteiger charge is 2.17. The van der Waals surface area contributed by atoms with Crippen LogP contribution in [-0.2, 0) is 4.79 Å². The second kappa shape index (κ2) is 4.36. The third-order valence-electron chi connectivity index (χ3n) is 1.48. The summed E-state index contributed by atoms with van der Waals surface area (Å²) >= 11 is 0. The van der Waals surface area contributed by atoms with Crippen molar-refractivity contribution in [3.8, 4) is 0 Å².